The van der Waals surface area contributed by atoms with E-state index in [4.69, 9.17) is 16.3 Å². The molecular formula is C19H15ClF3N3O2. The summed E-state index contributed by atoms with van der Waals surface area (Å²) in [6.45, 7) is 0. The fraction of sp³-hybridized carbons (Fsp3) is 0.158. The summed E-state index contributed by atoms with van der Waals surface area (Å²) >= 11 is 5.79. The fourth-order valence-corrected chi connectivity index (χ4v) is 2.66. The van der Waals surface area contributed by atoms with Crippen LogP contribution in [0.2, 0.25) is 5.15 Å². The zero-order chi connectivity index (χ0) is 20.1. The zero-order valence-electron chi connectivity index (χ0n) is 14.4. The number of urea groups is 1. The van der Waals surface area contributed by atoms with Gasteiger partial charge in [-0.15, -0.1) is 0 Å². The number of pyridine rings is 1. The van der Waals surface area contributed by atoms with Crippen molar-refractivity contribution >= 4 is 23.3 Å². The first kappa shape index (κ1) is 19.8. The maximum atomic E-state index is 12.8. The minimum absolute atomic E-state index is 0.210. The van der Waals surface area contributed by atoms with Gasteiger partial charge >= 0.3 is 12.2 Å². The van der Waals surface area contributed by atoms with E-state index in [1.54, 1.807) is 36.4 Å². The van der Waals surface area contributed by atoms with Gasteiger partial charge in [0, 0.05) is 23.6 Å². The van der Waals surface area contributed by atoms with Crippen LogP contribution < -0.4 is 15.4 Å². The lowest BCUT2D eigenvalue weighted by atomic mass is 10.0. The molecule has 28 heavy (non-hydrogen) atoms. The summed E-state index contributed by atoms with van der Waals surface area (Å²) in [4.78, 5) is 15.9. The van der Waals surface area contributed by atoms with Crippen molar-refractivity contribution in [3.05, 3.63) is 71.2 Å². The van der Waals surface area contributed by atoms with Crippen LogP contribution in [0.1, 0.15) is 12.8 Å². The van der Waals surface area contributed by atoms with Crippen LogP contribution in [-0.4, -0.2) is 17.2 Å². The molecule has 0 bridgehead atoms. The summed E-state index contributed by atoms with van der Waals surface area (Å²) in [6.07, 6.45) is -0.325. The number of hydrogen-bond acceptors (Lipinski definition) is 3. The highest BCUT2D eigenvalue weighted by atomic mass is 35.5. The second-order valence-corrected chi connectivity index (χ2v) is 6.27. The van der Waals surface area contributed by atoms with Gasteiger partial charge in [0.05, 0.1) is 5.57 Å². The van der Waals surface area contributed by atoms with Crippen LogP contribution in [-0.2, 0) is 0 Å². The fourth-order valence-electron chi connectivity index (χ4n) is 2.50. The highest BCUT2D eigenvalue weighted by molar-refractivity contribution is 6.29. The molecule has 2 N–H and O–H groups in total. The Hall–Kier alpha value is -3.00. The standard InChI is InChI=1S/C19H15ClF3N3O2/c20-17-11-16(8-9-24-17)28-15-6-4-13(5-7-15)25-18(27)26-14-3-1-2-12(10-14)19(21,22)23/h2,4-11H,1,3H2,(H2,25,26,27). The number of carbonyl (C=O) groups excluding carboxylic acids is 1. The van der Waals surface area contributed by atoms with E-state index in [0.717, 1.165) is 12.2 Å². The lowest BCUT2D eigenvalue weighted by molar-refractivity contribution is -0.0887. The summed E-state index contributed by atoms with van der Waals surface area (Å²) in [5.74, 6) is 1.03. The molecule has 1 aromatic carbocycles. The van der Waals surface area contributed by atoms with E-state index < -0.39 is 17.8 Å². The number of anilines is 1. The number of rotatable bonds is 4. The molecule has 0 spiro atoms. The van der Waals surface area contributed by atoms with Gasteiger partial charge in [0.1, 0.15) is 16.7 Å². The Labute approximate surface area is 163 Å². The van der Waals surface area contributed by atoms with Gasteiger partial charge in [-0.2, -0.15) is 13.2 Å². The number of halogens is 4. The highest BCUT2D eigenvalue weighted by Gasteiger charge is 2.33. The van der Waals surface area contributed by atoms with E-state index in [0.29, 0.717) is 28.8 Å². The quantitative estimate of drug-likeness (QED) is 0.626. The third-order valence-corrected chi connectivity index (χ3v) is 3.96. The normalized spacial score (nSPS) is 14.0. The number of aromatic nitrogens is 1. The molecular weight excluding hydrogens is 395 g/mol. The highest BCUT2D eigenvalue weighted by Crippen LogP contribution is 2.31. The molecule has 1 aromatic heterocycles. The van der Waals surface area contributed by atoms with Crippen LogP contribution >= 0.6 is 11.6 Å². The number of benzene rings is 1. The van der Waals surface area contributed by atoms with Gasteiger partial charge in [0.2, 0.25) is 0 Å². The molecule has 1 heterocycles. The lowest BCUT2D eigenvalue weighted by Crippen LogP contribution is -2.29. The molecule has 2 aromatic rings. The minimum Gasteiger partial charge on any atom is -0.457 e. The topological polar surface area (TPSA) is 63.2 Å². The van der Waals surface area contributed by atoms with Crippen molar-refractivity contribution in [3.63, 3.8) is 0 Å². The average molecular weight is 410 g/mol. The first-order chi connectivity index (χ1) is 13.3. The molecule has 0 fully saturated rings. The monoisotopic (exact) mass is 409 g/mol. The maximum absolute atomic E-state index is 12.8. The third kappa shape index (κ3) is 5.50. The van der Waals surface area contributed by atoms with E-state index >= 15 is 0 Å². The van der Waals surface area contributed by atoms with Crippen molar-refractivity contribution in [2.75, 3.05) is 5.32 Å². The van der Waals surface area contributed by atoms with E-state index in [-0.39, 0.29) is 12.1 Å². The Balaban J connectivity index is 1.57. The third-order valence-electron chi connectivity index (χ3n) is 3.75. The van der Waals surface area contributed by atoms with E-state index in [9.17, 15) is 18.0 Å². The molecule has 0 saturated carbocycles. The first-order valence-corrected chi connectivity index (χ1v) is 8.63. The molecule has 0 saturated heterocycles. The smallest absolute Gasteiger partial charge is 0.416 e. The number of allylic oxidation sites excluding steroid dienone is 4. The maximum Gasteiger partial charge on any atom is 0.416 e. The molecule has 1 aliphatic carbocycles. The van der Waals surface area contributed by atoms with Crippen LogP contribution in [0, 0.1) is 0 Å². The van der Waals surface area contributed by atoms with E-state index in [1.807, 2.05) is 0 Å². The van der Waals surface area contributed by atoms with Gasteiger partial charge in [-0.05, 0) is 49.2 Å². The van der Waals surface area contributed by atoms with E-state index in [2.05, 4.69) is 15.6 Å². The molecule has 0 aliphatic heterocycles. The lowest BCUT2D eigenvalue weighted by Gasteiger charge is -2.17. The average Bonchev–Trinajstić information content (AvgIpc) is 2.63. The van der Waals surface area contributed by atoms with Crippen molar-refractivity contribution < 1.29 is 22.7 Å². The molecule has 2 amide bonds. The number of alkyl halides is 3. The van der Waals surface area contributed by atoms with Crippen molar-refractivity contribution in [1.29, 1.82) is 0 Å². The number of carbonyl (C=O) groups is 1. The molecule has 146 valence electrons. The summed E-state index contributed by atoms with van der Waals surface area (Å²) in [7, 11) is 0. The predicted octanol–water partition coefficient (Wildman–Crippen LogP) is 5.82. The number of nitrogens with zero attached hydrogens (tertiary/aromatic N) is 1. The Morgan fingerprint density at radius 3 is 2.54 bits per heavy atom. The summed E-state index contributed by atoms with van der Waals surface area (Å²) in [6, 6.07) is 9.06. The van der Waals surface area contributed by atoms with Crippen molar-refractivity contribution in [3.8, 4) is 11.5 Å². The molecule has 5 nitrogen and oxygen atoms in total. The first-order valence-electron chi connectivity index (χ1n) is 8.25. The minimum atomic E-state index is -4.43. The molecule has 9 heteroatoms. The SMILES string of the molecule is O=C(NC1=CC(C(F)(F)F)=CCC1)Nc1ccc(Oc2ccnc(Cl)c2)cc1. The molecule has 1 aliphatic rings. The number of amides is 2. The van der Waals surface area contributed by atoms with Crippen LogP contribution in [0.25, 0.3) is 0 Å². The van der Waals surface area contributed by atoms with Crippen LogP contribution in [0.3, 0.4) is 0 Å². The van der Waals surface area contributed by atoms with Gasteiger partial charge in [0.25, 0.3) is 0 Å². The molecule has 3 rings (SSSR count). The summed E-state index contributed by atoms with van der Waals surface area (Å²) in [5, 5.41) is 5.31. The van der Waals surface area contributed by atoms with Crippen molar-refractivity contribution in [2.45, 2.75) is 19.0 Å². The van der Waals surface area contributed by atoms with Gasteiger partial charge < -0.3 is 15.4 Å². The van der Waals surface area contributed by atoms with Gasteiger partial charge in [-0.3, -0.25) is 0 Å². The predicted molar refractivity (Wildman–Crippen MR) is 99.4 cm³/mol. The molecule has 0 radical (unpaired) electrons. The molecule has 0 unspecified atom stereocenters. The van der Waals surface area contributed by atoms with Gasteiger partial charge in [-0.1, -0.05) is 17.7 Å². The van der Waals surface area contributed by atoms with Crippen molar-refractivity contribution in [2.24, 2.45) is 0 Å². The van der Waals surface area contributed by atoms with Crippen LogP contribution in [0.15, 0.2) is 66.0 Å². The summed E-state index contributed by atoms with van der Waals surface area (Å²) < 4.78 is 43.9. The van der Waals surface area contributed by atoms with Gasteiger partial charge in [0.15, 0.2) is 0 Å². The number of nitrogens with one attached hydrogen (secondary N) is 2. The Bertz CT molecular complexity index is 925. The largest absolute Gasteiger partial charge is 0.457 e. The van der Waals surface area contributed by atoms with Crippen LogP contribution in [0.5, 0.6) is 11.5 Å². The van der Waals surface area contributed by atoms with E-state index in [1.165, 1.54) is 6.20 Å². The zero-order valence-corrected chi connectivity index (χ0v) is 15.1. The van der Waals surface area contributed by atoms with Crippen molar-refractivity contribution in [1.82, 2.24) is 10.3 Å². The number of ether oxygens (including phenoxy) is 1. The Kier molecular flexibility index (Phi) is 5.89. The second-order valence-electron chi connectivity index (χ2n) is 5.89. The van der Waals surface area contributed by atoms with Gasteiger partial charge in [-0.25, -0.2) is 9.78 Å². The Morgan fingerprint density at radius 2 is 1.86 bits per heavy atom. The van der Waals surface area contributed by atoms with Crippen LogP contribution in [0.4, 0.5) is 23.7 Å². The summed E-state index contributed by atoms with van der Waals surface area (Å²) in [5.41, 5.74) is -0.0887. The number of hydrogen-bond donors (Lipinski definition) is 2. The molecule has 0 atom stereocenters. The Morgan fingerprint density at radius 1 is 1.11 bits per heavy atom. The second kappa shape index (κ2) is 8.35.